The fourth-order valence-corrected chi connectivity index (χ4v) is 7.82. The predicted molar refractivity (Wildman–Crippen MR) is 147 cm³/mol. The van der Waals surface area contributed by atoms with Gasteiger partial charge in [-0.05, 0) is 74.9 Å². The average Bonchev–Trinajstić information content (AvgIpc) is 3.37. The number of anilines is 1. The van der Waals surface area contributed by atoms with Crippen LogP contribution >= 0.6 is 0 Å². The van der Waals surface area contributed by atoms with Crippen LogP contribution in [0.15, 0.2) is 54.0 Å². The Labute approximate surface area is 219 Å². The van der Waals surface area contributed by atoms with Crippen LogP contribution in [0.4, 0.5) is 5.69 Å². The van der Waals surface area contributed by atoms with Crippen LogP contribution in [0.5, 0.6) is 0 Å². The molecule has 0 amide bonds. The number of aromatic nitrogens is 3. The molecule has 9 heteroatoms. The number of aryl methyl sites for hydroxylation is 1. The van der Waals surface area contributed by atoms with Crippen LogP contribution in [0.3, 0.4) is 0 Å². The summed E-state index contributed by atoms with van der Waals surface area (Å²) >= 11 is 0. The van der Waals surface area contributed by atoms with E-state index in [4.69, 9.17) is 0 Å². The number of fused-ring (bicyclic) bond motifs is 2. The third-order valence-corrected chi connectivity index (χ3v) is 9.86. The van der Waals surface area contributed by atoms with Crippen molar-refractivity contribution < 1.29 is 8.42 Å². The van der Waals surface area contributed by atoms with Crippen LogP contribution in [0, 0.1) is 5.92 Å². The number of nitrogens with one attached hydrogen (secondary N) is 1. The van der Waals surface area contributed by atoms with Gasteiger partial charge in [-0.2, -0.15) is 5.10 Å². The Morgan fingerprint density at radius 1 is 1.03 bits per heavy atom. The maximum atomic E-state index is 13.6. The van der Waals surface area contributed by atoms with E-state index in [2.05, 4.69) is 30.7 Å². The van der Waals surface area contributed by atoms with E-state index in [1.165, 1.54) is 24.8 Å². The molecule has 0 radical (unpaired) electrons. The quantitative estimate of drug-likeness (QED) is 0.532. The molecular formula is C28H36N6O2S. The smallest absolute Gasteiger partial charge is 0.241 e. The summed E-state index contributed by atoms with van der Waals surface area (Å²) < 4.78 is 32.0. The molecule has 0 aliphatic carbocycles. The molecule has 0 bridgehead atoms. The number of hydrogen-bond acceptors (Lipinski definition) is 6. The summed E-state index contributed by atoms with van der Waals surface area (Å²) in [5.74, 6) is 0.377. The van der Waals surface area contributed by atoms with Crippen LogP contribution in [-0.2, 0) is 17.1 Å². The Balaban J connectivity index is 1.25. The van der Waals surface area contributed by atoms with Gasteiger partial charge in [0.2, 0.25) is 10.0 Å². The minimum absolute atomic E-state index is 0.338. The Bertz CT molecular complexity index is 1410. The molecule has 3 aromatic rings. The van der Waals surface area contributed by atoms with E-state index in [1.54, 1.807) is 18.5 Å². The third-order valence-electron chi connectivity index (χ3n) is 8.38. The number of piperidine rings is 2. The van der Waals surface area contributed by atoms with Gasteiger partial charge in [-0.25, -0.2) is 13.1 Å². The monoisotopic (exact) mass is 520 g/mol. The number of nitrogens with zero attached hydrogens (tertiary/aromatic N) is 5. The van der Waals surface area contributed by atoms with Gasteiger partial charge >= 0.3 is 0 Å². The van der Waals surface area contributed by atoms with Gasteiger partial charge in [0.05, 0.1) is 11.1 Å². The zero-order chi connectivity index (χ0) is 25.4. The summed E-state index contributed by atoms with van der Waals surface area (Å²) in [6.45, 7) is 4.43. The van der Waals surface area contributed by atoms with Crippen molar-refractivity contribution in [3.8, 4) is 0 Å². The highest BCUT2D eigenvalue weighted by Gasteiger charge is 2.34. The van der Waals surface area contributed by atoms with E-state index >= 15 is 0 Å². The van der Waals surface area contributed by atoms with E-state index in [-0.39, 0.29) is 0 Å². The second kappa shape index (κ2) is 10.2. The van der Waals surface area contributed by atoms with E-state index in [0.717, 1.165) is 67.5 Å². The maximum absolute atomic E-state index is 13.6. The Hall–Kier alpha value is -2.75. The Kier molecular flexibility index (Phi) is 6.77. The zero-order valence-electron chi connectivity index (χ0n) is 21.5. The molecule has 2 atom stereocenters. The first-order valence-electron chi connectivity index (χ1n) is 13.5. The molecule has 2 fully saturated rings. The Morgan fingerprint density at radius 2 is 1.92 bits per heavy atom. The first-order chi connectivity index (χ1) is 18.0. The summed E-state index contributed by atoms with van der Waals surface area (Å²) in [7, 11) is -1.73. The normalized spacial score (nSPS) is 23.2. The SMILES string of the molecule is Cn1cc(C2=CCCN(c3ccc(S(=O)(=O)NC[C@@H]4CCCN5CCCC[C@H]45)c4ccncc34)C2)cn1. The summed E-state index contributed by atoms with van der Waals surface area (Å²) in [6.07, 6.45) is 16.5. The summed E-state index contributed by atoms with van der Waals surface area (Å²) in [4.78, 5) is 9.59. The number of rotatable bonds is 6. The highest BCUT2D eigenvalue weighted by molar-refractivity contribution is 7.89. The van der Waals surface area contributed by atoms with Gasteiger partial charge in [-0.1, -0.05) is 12.5 Å². The molecule has 3 aliphatic rings. The lowest BCUT2D eigenvalue weighted by molar-refractivity contribution is 0.0617. The minimum atomic E-state index is -3.66. The van der Waals surface area contributed by atoms with Crippen LogP contribution in [0.25, 0.3) is 16.3 Å². The fraction of sp³-hybridized carbons (Fsp3) is 0.500. The molecule has 0 saturated carbocycles. The Morgan fingerprint density at radius 3 is 2.78 bits per heavy atom. The van der Waals surface area contributed by atoms with Crippen LogP contribution < -0.4 is 9.62 Å². The molecule has 3 aliphatic heterocycles. The van der Waals surface area contributed by atoms with Crippen molar-refractivity contribution in [2.75, 3.05) is 37.6 Å². The molecule has 0 unspecified atom stereocenters. The molecular weight excluding hydrogens is 484 g/mol. The molecule has 37 heavy (non-hydrogen) atoms. The molecule has 2 aromatic heterocycles. The van der Waals surface area contributed by atoms with Gasteiger partial charge in [0, 0.05) is 73.3 Å². The minimum Gasteiger partial charge on any atom is -0.366 e. The van der Waals surface area contributed by atoms with E-state index in [9.17, 15) is 8.42 Å². The lowest BCUT2D eigenvalue weighted by Crippen LogP contribution is -2.50. The van der Waals surface area contributed by atoms with Gasteiger partial charge in [0.1, 0.15) is 0 Å². The molecule has 8 nitrogen and oxygen atoms in total. The topological polar surface area (TPSA) is 83.4 Å². The van der Waals surface area contributed by atoms with E-state index in [0.29, 0.717) is 23.4 Å². The molecule has 0 spiro atoms. The highest BCUT2D eigenvalue weighted by atomic mass is 32.2. The van der Waals surface area contributed by atoms with Crippen molar-refractivity contribution in [1.82, 2.24) is 24.4 Å². The summed E-state index contributed by atoms with van der Waals surface area (Å²) in [6, 6.07) is 6.07. The summed E-state index contributed by atoms with van der Waals surface area (Å²) in [5.41, 5.74) is 3.37. The average molecular weight is 521 g/mol. The predicted octanol–water partition coefficient (Wildman–Crippen LogP) is 3.80. The first kappa shape index (κ1) is 24.6. The maximum Gasteiger partial charge on any atom is 0.241 e. The molecule has 6 rings (SSSR count). The van der Waals surface area contributed by atoms with Crippen molar-refractivity contribution in [2.24, 2.45) is 13.0 Å². The third kappa shape index (κ3) is 4.92. The van der Waals surface area contributed by atoms with Gasteiger partial charge < -0.3 is 9.80 Å². The number of hydrogen-bond donors (Lipinski definition) is 1. The van der Waals surface area contributed by atoms with E-state index < -0.39 is 10.0 Å². The molecule has 2 saturated heterocycles. The second-order valence-electron chi connectivity index (χ2n) is 10.7. The number of sulfonamides is 1. The lowest BCUT2D eigenvalue weighted by atomic mass is 9.84. The molecule has 5 heterocycles. The molecule has 1 aromatic carbocycles. The van der Waals surface area contributed by atoms with Gasteiger partial charge in [-0.15, -0.1) is 0 Å². The second-order valence-corrected chi connectivity index (χ2v) is 12.4. The van der Waals surface area contributed by atoms with Crippen LogP contribution in [-0.4, -0.2) is 66.8 Å². The highest BCUT2D eigenvalue weighted by Crippen LogP contribution is 2.35. The number of benzene rings is 1. The van der Waals surface area contributed by atoms with Crippen molar-refractivity contribution in [2.45, 2.75) is 49.5 Å². The zero-order valence-corrected chi connectivity index (χ0v) is 22.3. The van der Waals surface area contributed by atoms with Crippen molar-refractivity contribution >= 4 is 32.1 Å². The lowest BCUT2D eigenvalue weighted by Gasteiger charge is -2.44. The van der Waals surface area contributed by atoms with Gasteiger partial charge in [0.25, 0.3) is 0 Å². The van der Waals surface area contributed by atoms with Crippen molar-refractivity contribution in [3.63, 3.8) is 0 Å². The largest absolute Gasteiger partial charge is 0.366 e. The van der Waals surface area contributed by atoms with Gasteiger partial charge in [-0.3, -0.25) is 9.67 Å². The fourth-order valence-electron chi connectivity index (χ4n) is 6.51. The van der Waals surface area contributed by atoms with Gasteiger partial charge in [0.15, 0.2) is 0 Å². The first-order valence-corrected chi connectivity index (χ1v) is 15.0. The van der Waals surface area contributed by atoms with Crippen molar-refractivity contribution in [1.29, 1.82) is 0 Å². The van der Waals surface area contributed by atoms with Crippen LogP contribution in [0.2, 0.25) is 0 Å². The van der Waals surface area contributed by atoms with E-state index in [1.807, 2.05) is 36.3 Å². The molecule has 196 valence electrons. The summed E-state index contributed by atoms with van der Waals surface area (Å²) in [5, 5.41) is 5.91. The van der Waals surface area contributed by atoms with Crippen LogP contribution in [0.1, 0.15) is 44.1 Å². The number of pyridine rings is 1. The molecule has 1 N–H and O–H groups in total. The van der Waals surface area contributed by atoms with Crippen molar-refractivity contribution in [3.05, 3.63) is 54.6 Å². The standard InChI is InChI=1S/C28H36N6O2S/c1-32-19-23(16-30-32)22-7-5-15-34(20-22)27-9-10-28(24-11-12-29-18-25(24)27)37(35,36)31-17-21-6-4-14-33-13-3-2-8-26(21)33/h7,9-12,16,18-19,21,26,31H,2-6,8,13-15,17,20H2,1H3/t21-,26+/m0/s1.